The van der Waals surface area contributed by atoms with Crippen molar-refractivity contribution >= 4 is 17.9 Å². The predicted octanol–water partition coefficient (Wildman–Crippen LogP) is 0.463. The highest BCUT2D eigenvalue weighted by molar-refractivity contribution is 5.99. The normalized spacial score (nSPS) is 45.0. The fourth-order valence-electron chi connectivity index (χ4n) is 4.18. The van der Waals surface area contributed by atoms with E-state index in [9.17, 15) is 14.4 Å². The molecule has 5 heteroatoms. The Bertz CT molecular complexity index is 572. The van der Waals surface area contributed by atoms with Gasteiger partial charge in [0, 0.05) is 11.5 Å². The van der Waals surface area contributed by atoms with Crippen LogP contribution in [0.1, 0.15) is 0 Å². The molecule has 1 aliphatic heterocycles. The second-order valence-electron chi connectivity index (χ2n) is 5.55. The number of rotatable bonds is 1. The highest BCUT2D eigenvalue weighted by Gasteiger charge is 2.64. The summed E-state index contributed by atoms with van der Waals surface area (Å²) in [7, 11) is 1.35. The zero-order chi connectivity index (χ0) is 13.3. The Morgan fingerprint density at radius 1 is 1.05 bits per heavy atom. The van der Waals surface area contributed by atoms with E-state index in [0.29, 0.717) is 5.57 Å². The molecule has 4 aliphatic carbocycles. The number of hydrogen-bond acceptors (Lipinski definition) is 5. The van der Waals surface area contributed by atoms with E-state index in [1.54, 1.807) is 0 Å². The van der Waals surface area contributed by atoms with Gasteiger partial charge in [-0.15, -0.1) is 0 Å². The molecule has 0 aromatic heterocycles. The van der Waals surface area contributed by atoms with Gasteiger partial charge in [0.05, 0.1) is 18.9 Å². The SMILES string of the molecule is COC(=O)C1=CC2C3C=CC(C12)C1C(=O)OC(=O)C31. The minimum atomic E-state index is -0.441. The van der Waals surface area contributed by atoms with Gasteiger partial charge in [0.15, 0.2) is 0 Å². The summed E-state index contributed by atoms with van der Waals surface area (Å²) in [6.45, 7) is 0. The molecular formula is C14H12O5. The molecule has 6 atom stereocenters. The summed E-state index contributed by atoms with van der Waals surface area (Å²) >= 11 is 0. The summed E-state index contributed by atoms with van der Waals surface area (Å²) in [5.74, 6) is -1.94. The second-order valence-corrected chi connectivity index (χ2v) is 5.55. The van der Waals surface area contributed by atoms with E-state index in [-0.39, 0.29) is 35.6 Å². The average Bonchev–Trinajstić information content (AvgIpc) is 2.66. The van der Waals surface area contributed by atoms with Gasteiger partial charge >= 0.3 is 17.9 Å². The van der Waals surface area contributed by atoms with Crippen LogP contribution in [0.5, 0.6) is 0 Å². The first kappa shape index (κ1) is 11.0. The summed E-state index contributed by atoms with van der Waals surface area (Å²) in [5.41, 5.74) is 0.637. The van der Waals surface area contributed by atoms with Crippen LogP contribution in [0.25, 0.3) is 0 Å². The van der Waals surface area contributed by atoms with Crippen LogP contribution < -0.4 is 0 Å². The Kier molecular flexibility index (Phi) is 1.93. The van der Waals surface area contributed by atoms with Crippen LogP contribution in [0.3, 0.4) is 0 Å². The van der Waals surface area contributed by atoms with E-state index in [1.165, 1.54) is 7.11 Å². The monoisotopic (exact) mass is 260 g/mol. The first-order chi connectivity index (χ1) is 9.13. The van der Waals surface area contributed by atoms with Crippen molar-refractivity contribution in [2.24, 2.45) is 35.5 Å². The quantitative estimate of drug-likeness (QED) is 0.389. The van der Waals surface area contributed by atoms with Gasteiger partial charge in [-0.2, -0.15) is 0 Å². The third-order valence-electron chi connectivity index (χ3n) is 4.94. The molecule has 98 valence electrons. The molecule has 0 aromatic carbocycles. The molecule has 5 rings (SSSR count). The zero-order valence-electron chi connectivity index (χ0n) is 10.2. The number of allylic oxidation sites excluding steroid dienone is 3. The van der Waals surface area contributed by atoms with E-state index in [2.05, 4.69) is 0 Å². The van der Waals surface area contributed by atoms with Crippen LogP contribution in [0, 0.1) is 35.5 Å². The van der Waals surface area contributed by atoms with Crippen LogP contribution in [0.2, 0.25) is 0 Å². The van der Waals surface area contributed by atoms with Gasteiger partial charge in [-0.05, 0) is 17.8 Å². The molecule has 5 aliphatic rings. The molecular weight excluding hydrogens is 248 g/mol. The lowest BCUT2D eigenvalue weighted by molar-refractivity contribution is -0.154. The van der Waals surface area contributed by atoms with Crippen molar-refractivity contribution in [3.8, 4) is 0 Å². The molecule has 0 N–H and O–H groups in total. The van der Waals surface area contributed by atoms with Crippen LogP contribution in [0.15, 0.2) is 23.8 Å². The van der Waals surface area contributed by atoms with Crippen LogP contribution >= 0.6 is 0 Å². The molecule has 1 saturated heterocycles. The largest absolute Gasteiger partial charge is 0.466 e. The van der Waals surface area contributed by atoms with Crippen LogP contribution in [-0.2, 0) is 23.9 Å². The smallest absolute Gasteiger partial charge is 0.333 e. The highest BCUT2D eigenvalue weighted by Crippen LogP contribution is 2.60. The summed E-state index contributed by atoms with van der Waals surface area (Å²) in [5, 5.41) is 0. The van der Waals surface area contributed by atoms with Gasteiger partial charge in [-0.1, -0.05) is 18.2 Å². The Morgan fingerprint density at radius 3 is 2.37 bits per heavy atom. The maximum Gasteiger partial charge on any atom is 0.333 e. The minimum absolute atomic E-state index is 0.00199. The van der Waals surface area contributed by atoms with E-state index in [0.717, 1.165) is 0 Å². The van der Waals surface area contributed by atoms with E-state index < -0.39 is 17.9 Å². The highest BCUT2D eigenvalue weighted by atomic mass is 16.6. The summed E-state index contributed by atoms with van der Waals surface area (Å²) in [4.78, 5) is 35.3. The summed E-state index contributed by atoms with van der Waals surface area (Å²) < 4.78 is 9.53. The molecule has 5 nitrogen and oxygen atoms in total. The Balaban J connectivity index is 1.76. The van der Waals surface area contributed by atoms with Gasteiger partial charge in [0.2, 0.25) is 0 Å². The van der Waals surface area contributed by atoms with Crippen molar-refractivity contribution in [2.75, 3.05) is 7.11 Å². The number of cyclic esters (lactones) is 2. The first-order valence-electron chi connectivity index (χ1n) is 6.37. The number of hydrogen-bond donors (Lipinski definition) is 0. The van der Waals surface area contributed by atoms with Gasteiger partial charge in [0.25, 0.3) is 0 Å². The Labute approximate surface area is 109 Å². The average molecular weight is 260 g/mol. The summed E-state index contributed by atoms with van der Waals surface area (Å²) in [6.07, 6.45) is 5.84. The third-order valence-corrected chi connectivity index (χ3v) is 4.94. The maximum atomic E-state index is 11.8. The fourth-order valence-corrected chi connectivity index (χ4v) is 4.18. The van der Waals surface area contributed by atoms with Crippen molar-refractivity contribution in [3.63, 3.8) is 0 Å². The fraction of sp³-hybridized carbons (Fsp3) is 0.500. The number of methoxy groups -OCH3 is 1. The number of ether oxygens (including phenoxy) is 2. The van der Waals surface area contributed by atoms with Crippen molar-refractivity contribution in [2.45, 2.75) is 0 Å². The molecule has 0 aromatic rings. The standard InChI is InChI=1S/C14H12O5/c1-18-12(15)8-4-7-5-2-3-6(9(7)8)11-10(5)13(16)19-14(11)17/h2-7,9-11H,1H3. The molecule has 2 fully saturated rings. The lowest BCUT2D eigenvalue weighted by Crippen LogP contribution is -2.54. The van der Waals surface area contributed by atoms with Gasteiger partial charge in [-0.3, -0.25) is 9.59 Å². The number of carbonyl (C=O) groups excluding carboxylic acids is 3. The van der Waals surface area contributed by atoms with E-state index in [4.69, 9.17) is 9.47 Å². The first-order valence-corrected chi connectivity index (χ1v) is 6.37. The number of esters is 3. The number of carbonyl (C=O) groups is 3. The van der Waals surface area contributed by atoms with Gasteiger partial charge in [0.1, 0.15) is 0 Å². The lowest BCUT2D eigenvalue weighted by Gasteiger charge is -2.53. The molecule has 0 spiro atoms. The molecule has 6 unspecified atom stereocenters. The van der Waals surface area contributed by atoms with E-state index in [1.807, 2.05) is 18.2 Å². The van der Waals surface area contributed by atoms with Crippen molar-refractivity contribution < 1.29 is 23.9 Å². The van der Waals surface area contributed by atoms with Crippen molar-refractivity contribution in [1.29, 1.82) is 0 Å². The second kappa shape index (κ2) is 3.35. The van der Waals surface area contributed by atoms with Crippen molar-refractivity contribution in [1.82, 2.24) is 0 Å². The minimum Gasteiger partial charge on any atom is -0.466 e. The Morgan fingerprint density at radius 2 is 1.68 bits per heavy atom. The molecule has 0 radical (unpaired) electrons. The maximum absolute atomic E-state index is 11.8. The van der Waals surface area contributed by atoms with Gasteiger partial charge in [-0.25, -0.2) is 4.79 Å². The molecule has 19 heavy (non-hydrogen) atoms. The molecule has 0 amide bonds. The molecule has 2 bridgehead atoms. The third kappa shape index (κ3) is 1.13. The van der Waals surface area contributed by atoms with Gasteiger partial charge < -0.3 is 9.47 Å². The zero-order valence-corrected chi connectivity index (χ0v) is 10.2. The van der Waals surface area contributed by atoms with E-state index >= 15 is 0 Å². The van der Waals surface area contributed by atoms with Crippen molar-refractivity contribution in [3.05, 3.63) is 23.8 Å². The predicted molar refractivity (Wildman–Crippen MR) is 61.3 cm³/mol. The Hall–Kier alpha value is -1.91. The van der Waals surface area contributed by atoms with Crippen LogP contribution in [-0.4, -0.2) is 25.0 Å². The van der Waals surface area contributed by atoms with Crippen LogP contribution in [0.4, 0.5) is 0 Å². The lowest BCUT2D eigenvalue weighted by atomic mass is 9.48. The topological polar surface area (TPSA) is 69.7 Å². The molecule has 1 saturated carbocycles. The molecule has 1 heterocycles. The summed E-state index contributed by atoms with van der Waals surface area (Å²) in [6, 6.07) is 0.